The molecule has 2 rings (SSSR count). The lowest BCUT2D eigenvalue weighted by atomic mass is 10.3. The Morgan fingerprint density at radius 1 is 1.50 bits per heavy atom. The van der Waals surface area contributed by atoms with Crippen molar-refractivity contribution in [2.75, 3.05) is 0 Å². The van der Waals surface area contributed by atoms with E-state index in [1.165, 1.54) is 0 Å². The average molecular weight is 273 g/mol. The Balaban J connectivity index is 2.53. The largest absolute Gasteiger partial charge is 0.236 e. The number of alkyl halides is 1. The van der Waals surface area contributed by atoms with Crippen molar-refractivity contribution in [2.45, 2.75) is 5.88 Å². The predicted molar refractivity (Wildman–Crippen MR) is 58.6 cm³/mol. The van der Waals surface area contributed by atoms with Crippen LogP contribution in [-0.2, 0) is 5.88 Å². The molecule has 2 aromatic rings. The molecule has 0 aliphatic heterocycles. The Morgan fingerprint density at radius 2 is 2.36 bits per heavy atom. The van der Waals surface area contributed by atoms with Gasteiger partial charge in [0, 0.05) is 28.6 Å². The third kappa shape index (κ3) is 1.81. The Bertz CT molecular complexity index is 428. The first-order chi connectivity index (χ1) is 6.81. The minimum atomic E-state index is 0.418. The van der Waals surface area contributed by atoms with Crippen molar-refractivity contribution in [3.8, 4) is 5.82 Å². The van der Waals surface area contributed by atoms with Crippen LogP contribution >= 0.6 is 27.5 Å². The molecule has 0 aliphatic rings. The van der Waals surface area contributed by atoms with Crippen LogP contribution in [0.5, 0.6) is 0 Å². The maximum Gasteiger partial charge on any atom is 0.157 e. The van der Waals surface area contributed by atoms with Crippen molar-refractivity contribution in [1.82, 2.24) is 14.8 Å². The fraction of sp³-hybridized carbons (Fsp3) is 0.111. The van der Waals surface area contributed by atoms with Crippen LogP contribution in [0.4, 0.5) is 0 Å². The number of hydrogen-bond acceptors (Lipinski definition) is 2. The minimum Gasteiger partial charge on any atom is -0.236 e. The van der Waals surface area contributed by atoms with E-state index < -0.39 is 0 Å². The molecule has 0 aliphatic carbocycles. The van der Waals surface area contributed by atoms with Crippen molar-refractivity contribution in [3.05, 3.63) is 40.8 Å². The monoisotopic (exact) mass is 271 g/mol. The molecule has 0 amide bonds. The van der Waals surface area contributed by atoms with Crippen molar-refractivity contribution in [1.29, 1.82) is 0 Å². The first kappa shape index (κ1) is 9.68. The van der Waals surface area contributed by atoms with Gasteiger partial charge in [-0.15, -0.1) is 11.6 Å². The molecule has 0 spiro atoms. The van der Waals surface area contributed by atoms with Crippen LogP contribution in [0.3, 0.4) is 0 Å². The molecule has 0 fully saturated rings. The molecule has 0 saturated carbocycles. The van der Waals surface area contributed by atoms with Crippen molar-refractivity contribution < 1.29 is 0 Å². The number of aromatic nitrogens is 3. The van der Waals surface area contributed by atoms with E-state index in [1.807, 2.05) is 18.3 Å². The number of nitrogens with zero attached hydrogens (tertiary/aromatic N) is 3. The number of halogens is 2. The van der Waals surface area contributed by atoms with Crippen LogP contribution in [0.15, 0.2) is 35.2 Å². The molecular weight excluding hydrogens is 265 g/mol. The fourth-order valence-corrected chi connectivity index (χ4v) is 1.75. The number of hydrogen-bond donors (Lipinski definition) is 0. The van der Waals surface area contributed by atoms with Gasteiger partial charge in [0.1, 0.15) is 0 Å². The first-order valence-electron chi connectivity index (χ1n) is 4.01. The van der Waals surface area contributed by atoms with E-state index in [0.717, 1.165) is 15.9 Å². The van der Waals surface area contributed by atoms with Gasteiger partial charge in [0.05, 0.1) is 5.88 Å². The smallest absolute Gasteiger partial charge is 0.157 e. The molecular formula is C9H7BrClN3. The molecule has 0 bridgehead atoms. The summed E-state index contributed by atoms with van der Waals surface area (Å²) in [5, 5.41) is 4.10. The second kappa shape index (κ2) is 4.11. The topological polar surface area (TPSA) is 30.7 Å². The molecule has 72 valence electrons. The quantitative estimate of drug-likeness (QED) is 0.787. The van der Waals surface area contributed by atoms with E-state index >= 15 is 0 Å². The molecule has 0 radical (unpaired) electrons. The van der Waals surface area contributed by atoms with Gasteiger partial charge in [-0.25, -0.2) is 9.67 Å². The van der Waals surface area contributed by atoms with Crippen LogP contribution in [0.1, 0.15) is 5.56 Å². The third-order valence-corrected chi connectivity index (χ3v) is 2.50. The summed E-state index contributed by atoms with van der Waals surface area (Å²) in [6, 6.07) is 3.79. The van der Waals surface area contributed by atoms with E-state index in [2.05, 4.69) is 26.0 Å². The van der Waals surface area contributed by atoms with E-state index in [4.69, 9.17) is 11.6 Å². The maximum absolute atomic E-state index is 5.82. The lowest BCUT2D eigenvalue weighted by Crippen LogP contribution is -2.01. The van der Waals surface area contributed by atoms with Gasteiger partial charge in [0.25, 0.3) is 0 Å². The average Bonchev–Trinajstić information content (AvgIpc) is 2.70. The van der Waals surface area contributed by atoms with E-state index in [0.29, 0.717) is 5.88 Å². The zero-order chi connectivity index (χ0) is 9.97. The molecule has 2 heterocycles. The molecule has 0 saturated heterocycles. The summed E-state index contributed by atoms with van der Waals surface area (Å²) in [6.45, 7) is 0. The Kier molecular flexibility index (Phi) is 2.84. The summed E-state index contributed by atoms with van der Waals surface area (Å²) in [4.78, 5) is 4.26. The van der Waals surface area contributed by atoms with E-state index in [9.17, 15) is 0 Å². The summed E-state index contributed by atoms with van der Waals surface area (Å²) in [7, 11) is 0. The van der Waals surface area contributed by atoms with Crippen LogP contribution in [-0.4, -0.2) is 14.8 Å². The van der Waals surface area contributed by atoms with E-state index in [1.54, 1.807) is 17.1 Å². The van der Waals surface area contributed by atoms with Gasteiger partial charge >= 0.3 is 0 Å². The molecule has 0 atom stereocenters. The van der Waals surface area contributed by atoms with Crippen molar-refractivity contribution in [2.24, 2.45) is 0 Å². The number of pyridine rings is 1. The summed E-state index contributed by atoms with van der Waals surface area (Å²) in [5.74, 6) is 1.19. The number of rotatable bonds is 2. The zero-order valence-corrected chi connectivity index (χ0v) is 9.53. The highest BCUT2D eigenvalue weighted by molar-refractivity contribution is 9.10. The highest BCUT2D eigenvalue weighted by atomic mass is 79.9. The molecule has 5 heteroatoms. The SMILES string of the molecule is ClCc1cc(Br)cnc1-n1cccn1. The highest BCUT2D eigenvalue weighted by Crippen LogP contribution is 2.18. The molecule has 0 N–H and O–H groups in total. The highest BCUT2D eigenvalue weighted by Gasteiger charge is 2.05. The van der Waals surface area contributed by atoms with Gasteiger partial charge < -0.3 is 0 Å². The maximum atomic E-state index is 5.82. The first-order valence-corrected chi connectivity index (χ1v) is 5.34. The van der Waals surface area contributed by atoms with Gasteiger partial charge in [-0.3, -0.25) is 0 Å². The van der Waals surface area contributed by atoms with Gasteiger partial charge in [-0.2, -0.15) is 5.10 Å². The fourth-order valence-electron chi connectivity index (χ4n) is 1.17. The van der Waals surface area contributed by atoms with Crippen LogP contribution in [0, 0.1) is 0 Å². The Morgan fingerprint density at radius 3 is 3.00 bits per heavy atom. The molecule has 3 nitrogen and oxygen atoms in total. The summed E-state index contributed by atoms with van der Waals surface area (Å²) in [6.07, 6.45) is 5.28. The summed E-state index contributed by atoms with van der Waals surface area (Å²) >= 11 is 9.17. The second-order valence-electron chi connectivity index (χ2n) is 2.72. The van der Waals surface area contributed by atoms with Crippen LogP contribution in [0.25, 0.3) is 5.82 Å². The standard InChI is InChI=1S/C9H7BrClN3/c10-8-4-7(5-11)9(12-6-8)14-3-1-2-13-14/h1-4,6H,5H2. The van der Waals surface area contributed by atoms with E-state index in [-0.39, 0.29) is 0 Å². The van der Waals surface area contributed by atoms with Crippen molar-refractivity contribution >= 4 is 27.5 Å². The van der Waals surface area contributed by atoms with Crippen molar-refractivity contribution in [3.63, 3.8) is 0 Å². The third-order valence-electron chi connectivity index (χ3n) is 1.77. The molecule has 14 heavy (non-hydrogen) atoms. The Hall–Kier alpha value is -0.870. The molecule has 0 aromatic carbocycles. The van der Waals surface area contributed by atoms with Gasteiger partial charge in [-0.05, 0) is 28.1 Å². The Labute approximate surface area is 94.9 Å². The summed E-state index contributed by atoms with van der Waals surface area (Å²) in [5.41, 5.74) is 0.949. The lowest BCUT2D eigenvalue weighted by Gasteiger charge is -2.05. The van der Waals surface area contributed by atoms with Gasteiger partial charge in [0.15, 0.2) is 5.82 Å². The summed E-state index contributed by atoms with van der Waals surface area (Å²) < 4.78 is 2.62. The predicted octanol–water partition coefficient (Wildman–Crippen LogP) is 2.77. The minimum absolute atomic E-state index is 0.418. The molecule has 2 aromatic heterocycles. The van der Waals surface area contributed by atoms with Crippen LogP contribution in [0.2, 0.25) is 0 Å². The molecule has 0 unspecified atom stereocenters. The lowest BCUT2D eigenvalue weighted by molar-refractivity contribution is 0.835. The van der Waals surface area contributed by atoms with Gasteiger partial charge in [0.2, 0.25) is 0 Å². The normalized spacial score (nSPS) is 10.4. The second-order valence-corrected chi connectivity index (χ2v) is 3.90. The van der Waals surface area contributed by atoms with Crippen LogP contribution < -0.4 is 0 Å². The zero-order valence-electron chi connectivity index (χ0n) is 7.19. The van der Waals surface area contributed by atoms with Gasteiger partial charge in [-0.1, -0.05) is 0 Å².